The van der Waals surface area contributed by atoms with E-state index in [0.29, 0.717) is 16.3 Å². The molecule has 0 aliphatic carbocycles. The highest BCUT2D eigenvalue weighted by atomic mass is 35.5. The van der Waals surface area contributed by atoms with Gasteiger partial charge in [0, 0.05) is 16.7 Å². The zero-order chi connectivity index (χ0) is 25.1. The van der Waals surface area contributed by atoms with Gasteiger partial charge in [-0.05, 0) is 29.8 Å². The molecule has 0 aliphatic heterocycles. The molecule has 0 radical (unpaired) electrons. The van der Waals surface area contributed by atoms with E-state index in [0.717, 1.165) is 16.9 Å². The summed E-state index contributed by atoms with van der Waals surface area (Å²) in [6, 6.07) is 24.8. The van der Waals surface area contributed by atoms with E-state index in [9.17, 15) is 13.2 Å². The van der Waals surface area contributed by atoms with E-state index >= 15 is 0 Å². The van der Waals surface area contributed by atoms with Gasteiger partial charge in [-0.25, -0.2) is 13.4 Å². The zero-order valence-electron chi connectivity index (χ0n) is 17.9. The number of benzene rings is 3. The Morgan fingerprint density at radius 3 is 2.11 bits per heavy atom. The number of nitrogens with zero attached hydrogens (tertiary/aromatic N) is 1. The molecule has 1 unspecified atom stereocenters. The van der Waals surface area contributed by atoms with Crippen molar-refractivity contribution in [2.45, 2.75) is 15.4 Å². The lowest BCUT2D eigenvalue weighted by atomic mass is 10.1. The molecule has 0 spiro atoms. The number of aromatic nitrogens is 1. The largest absolute Gasteiger partial charge is 0.342 e. The van der Waals surface area contributed by atoms with Crippen LogP contribution in [0.4, 0.5) is 5.13 Å². The number of halogens is 3. The number of rotatable bonds is 8. The third-order valence-electron chi connectivity index (χ3n) is 4.93. The number of anilines is 1. The fourth-order valence-electron chi connectivity index (χ4n) is 3.20. The Morgan fingerprint density at radius 1 is 0.886 bits per heavy atom. The molecule has 3 aromatic carbocycles. The number of alkyl halides is 2. The highest BCUT2D eigenvalue weighted by Crippen LogP contribution is 2.38. The Morgan fingerprint density at radius 2 is 1.49 bits per heavy atom. The summed E-state index contributed by atoms with van der Waals surface area (Å²) in [6.07, 6.45) is -1.30. The average Bonchev–Trinajstić information content (AvgIpc) is 2.84. The second-order valence-electron chi connectivity index (χ2n) is 7.38. The molecular weight excluding hydrogens is 549 g/mol. The van der Waals surface area contributed by atoms with Crippen molar-refractivity contribution in [1.82, 2.24) is 9.71 Å². The van der Waals surface area contributed by atoms with Crippen LogP contribution in [0.3, 0.4) is 0 Å². The molecule has 0 fully saturated rings. The normalized spacial score (nSPS) is 12.8. The highest BCUT2D eigenvalue weighted by molar-refractivity contribution is 7.89. The van der Waals surface area contributed by atoms with E-state index in [-0.39, 0.29) is 14.8 Å². The molecule has 1 aromatic heterocycles. The number of hydrogen-bond acceptors (Lipinski definition) is 6. The fraction of sp³-hybridized carbons (Fsp3) is 0.0833. The first-order chi connectivity index (χ1) is 16.6. The second kappa shape index (κ2) is 10.7. The lowest BCUT2D eigenvalue weighted by Gasteiger charge is -2.31. The molecule has 2 N–H and O–H groups in total. The summed E-state index contributed by atoms with van der Waals surface area (Å²) in [6.45, 7) is 0. The van der Waals surface area contributed by atoms with Gasteiger partial charge in [0.15, 0.2) is 9.46 Å². The van der Waals surface area contributed by atoms with Crippen LogP contribution >= 0.6 is 46.1 Å². The summed E-state index contributed by atoms with van der Waals surface area (Å²) in [5.41, 5.74) is 1.58. The minimum atomic E-state index is -4.10. The van der Waals surface area contributed by atoms with E-state index in [1.165, 1.54) is 30.3 Å². The minimum Gasteiger partial charge on any atom is -0.342 e. The van der Waals surface area contributed by atoms with Gasteiger partial charge in [-0.3, -0.25) is 4.79 Å². The maximum absolute atomic E-state index is 13.2. The average molecular weight is 567 g/mol. The molecule has 180 valence electrons. The molecule has 0 saturated heterocycles. The van der Waals surface area contributed by atoms with Gasteiger partial charge in [0.05, 0.1) is 10.6 Å². The first kappa shape index (κ1) is 25.6. The van der Waals surface area contributed by atoms with Gasteiger partial charge in [-0.1, -0.05) is 107 Å². The van der Waals surface area contributed by atoms with Crippen molar-refractivity contribution in [3.8, 4) is 11.3 Å². The first-order valence-electron chi connectivity index (χ1n) is 10.2. The third-order valence-corrected chi connectivity index (χ3v) is 8.21. The van der Waals surface area contributed by atoms with Crippen LogP contribution in [0.2, 0.25) is 5.02 Å². The van der Waals surface area contributed by atoms with Gasteiger partial charge in [0.2, 0.25) is 14.8 Å². The fourth-order valence-corrected chi connectivity index (χ4v) is 5.78. The first-order valence-corrected chi connectivity index (χ1v) is 13.6. The van der Waals surface area contributed by atoms with Gasteiger partial charge in [-0.2, -0.15) is 4.72 Å². The molecule has 4 aromatic rings. The predicted octanol–water partition coefficient (Wildman–Crippen LogP) is 5.87. The Kier molecular flexibility index (Phi) is 7.80. The molecule has 0 amide bonds. The van der Waals surface area contributed by atoms with Crippen molar-refractivity contribution in [2.75, 3.05) is 5.32 Å². The second-order valence-corrected chi connectivity index (χ2v) is 11.9. The third kappa shape index (κ3) is 6.22. The van der Waals surface area contributed by atoms with Crippen LogP contribution in [-0.2, 0) is 14.4 Å². The quantitative estimate of drug-likeness (QED) is 0.206. The van der Waals surface area contributed by atoms with Gasteiger partial charge < -0.3 is 5.32 Å². The topological polar surface area (TPSA) is 88.2 Å². The molecule has 0 bridgehead atoms. The van der Waals surface area contributed by atoms with Crippen molar-refractivity contribution in [3.63, 3.8) is 0 Å². The summed E-state index contributed by atoms with van der Waals surface area (Å²) in [5, 5.41) is 3.46. The van der Waals surface area contributed by atoms with Crippen LogP contribution in [0.1, 0.15) is 5.56 Å². The van der Waals surface area contributed by atoms with Crippen LogP contribution < -0.4 is 14.8 Å². The SMILES string of the molecule is O=c1cc(-c2ccccc2)nc(NC(NS(=O)(=O)c2ccc(Cl)cc2)C(Cl)(Cl)c2ccccc2)s1. The Hall–Kier alpha value is -2.46. The maximum atomic E-state index is 13.2. The van der Waals surface area contributed by atoms with Crippen molar-refractivity contribution in [1.29, 1.82) is 0 Å². The number of hydrogen-bond donors (Lipinski definition) is 2. The van der Waals surface area contributed by atoms with Crippen molar-refractivity contribution >= 4 is 61.3 Å². The van der Waals surface area contributed by atoms with Gasteiger partial charge in [0.25, 0.3) is 0 Å². The van der Waals surface area contributed by atoms with Crippen molar-refractivity contribution < 1.29 is 8.42 Å². The van der Waals surface area contributed by atoms with Gasteiger partial charge in [0.1, 0.15) is 6.17 Å². The lowest BCUT2D eigenvalue weighted by Crippen LogP contribution is -2.50. The van der Waals surface area contributed by atoms with Crippen molar-refractivity contribution in [3.05, 3.63) is 111 Å². The molecular formula is C24H18Cl3N3O3S2. The highest BCUT2D eigenvalue weighted by Gasteiger charge is 2.40. The molecule has 1 atom stereocenters. The van der Waals surface area contributed by atoms with Crippen LogP contribution in [0, 0.1) is 0 Å². The number of sulfonamides is 1. The predicted molar refractivity (Wildman–Crippen MR) is 143 cm³/mol. The zero-order valence-corrected chi connectivity index (χ0v) is 21.8. The Bertz CT molecular complexity index is 1460. The smallest absolute Gasteiger partial charge is 0.242 e. The van der Waals surface area contributed by atoms with Gasteiger partial charge in [-0.15, -0.1) is 0 Å². The molecule has 0 aliphatic rings. The summed E-state index contributed by atoms with van der Waals surface area (Å²) in [7, 11) is -4.10. The summed E-state index contributed by atoms with van der Waals surface area (Å²) >= 11 is 20.2. The lowest BCUT2D eigenvalue weighted by molar-refractivity contribution is 0.547. The van der Waals surface area contributed by atoms with Gasteiger partial charge >= 0.3 is 0 Å². The van der Waals surface area contributed by atoms with Crippen LogP contribution in [-0.4, -0.2) is 19.6 Å². The number of nitrogens with one attached hydrogen (secondary N) is 2. The molecule has 1 heterocycles. The molecule has 4 rings (SSSR count). The standard InChI is InChI=1S/C24H18Cl3N3O3S2/c25-18-11-13-19(14-12-18)35(32,33)30-22(24(26,27)17-9-5-2-6-10-17)29-23-28-20(15-21(31)34-23)16-7-3-1-4-8-16/h1-15,22,30H,(H,28,29). The summed E-state index contributed by atoms with van der Waals surface area (Å²) in [4.78, 5) is 16.9. The Labute approximate surface area is 221 Å². The monoisotopic (exact) mass is 565 g/mol. The van der Waals surface area contributed by atoms with Crippen molar-refractivity contribution in [2.24, 2.45) is 0 Å². The molecule has 35 heavy (non-hydrogen) atoms. The molecule has 0 saturated carbocycles. The van der Waals surface area contributed by atoms with E-state index in [1.54, 1.807) is 30.3 Å². The summed E-state index contributed by atoms with van der Waals surface area (Å²) < 4.78 is 26.8. The van der Waals surface area contributed by atoms with Crippen LogP contribution in [0.15, 0.2) is 101 Å². The Balaban J connectivity index is 1.75. The van der Waals surface area contributed by atoms with Crippen LogP contribution in [0.25, 0.3) is 11.3 Å². The van der Waals surface area contributed by atoms with Crippen LogP contribution in [0.5, 0.6) is 0 Å². The minimum absolute atomic E-state index is 0.0370. The van der Waals surface area contributed by atoms with E-state index in [2.05, 4.69) is 15.0 Å². The molecule has 11 heteroatoms. The maximum Gasteiger partial charge on any atom is 0.242 e. The van der Waals surface area contributed by atoms with E-state index < -0.39 is 20.5 Å². The molecule has 6 nitrogen and oxygen atoms in total. The van der Waals surface area contributed by atoms with E-state index in [1.807, 2.05) is 30.3 Å². The van der Waals surface area contributed by atoms with E-state index in [4.69, 9.17) is 34.8 Å². The summed E-state index contributed by atoms with van der Waals surface area (Å²) in [5.74, 6) is 0.